The molecule has 2 heterocycles. The van der Waals surface area contributed by atoms with Crippen LogP contribution >= 0.6 is 22.6 Å². The van der Waals surface area contributed by atoms with Crippen LogP contribution in [0.3, 0.4) is 0 Å². The SMILES string of the molecule is N#Cc1cccnc1N1CCCN(C(=O)c2cc([N+](=O)[O-])ccc2I)CC1. The van der Waals surface area contributed by atoms with Crippen molar-refractivity contribution in [2.24, 2.45) is 0 Å². The normalized spacial score (nSPS) is 14.4. The number of hydrogen-bond donors (Lipinski definition) is 0. The highest BCUT2D eigenvalue weighted by Crippen LogP contribution is 2.23. The average molecular weight is 477 g/mol. The van der Waals surface area contributed by atoms with Crippen molar-refractivity contribution in [2.75, 3.05) is 31.1 Å². The molecule has 3 rings (SSSR count). The van der Waals surface area contributed by atoms with E-state index in [1.165, 1.54) is 12.1 Å². The number of hydrogen-bond acceptors (Lipinski definition) is 6. The summed E-state index contributed by atoms with van der Waals surface area (Å²) in [5, 5.41) is 20.3. The molecule has 1 saturated heterocycles. The number of anilines is 1. The molecule has 138 valence electrons. The van der Waals surface area contributed by atoms with Gasteiger partial charge < -0.3 is 9.80 Å². The van der Waals surface area contributed by atoms with Gasteiger partial charge in [-0.05, 0) is 47.2 Å². The Morgan fingerprint density at radius 3 is 2.81 bits per heavy atom. The number of benzene rings is 1. The second-order valence-electron chi connectivity index (χ2n) is 6.04. The zero-order chi connectivity index (χ0) is 19.4. The van der Waals surface area contributed by atoms with Crippen LogP contribution < -0.4 is 4.90 Å². The van der Waals surface area contributed by atoms with E-state index in [9.17, 15) is 20.2 Å². The molecule has 0 spiro atoms. The van der Waals surface area contributed by atoms with Gasteiger partial charge in [-0.1, -0.05) is 0 Å². The third-order valence-corrected chi connectivity index (χ3v) is 5.32. The Hall–Kier alpha value is -2.74. The Labute approximate surface area is 169 Å². The fraction of sp³-hybridized carbons (Fsp3) is 0.278. The highest BCUT2D eigenvalue weighted by molar-refractivity contribution is 14.1. The van der Waals surface area contributed by atoms with Crippen molar-refractivity contribution in [1.82, 2.24) is 9.88 Å². The van der Waals surface area contributed by atoms with E-state index in [4.69, 9.17) is 0 Å². The molecule has 0 atom stereocenters. The first-order chi connectivity index (χ1) is 13.0. The molecule has 2 aromatic rings. The Morgan fingerprint density at radius 2 is 2.07 bits per heavy atom. The molecule has 0 saturated carbocycles. The van der Waals surface area contributed by atoms with Crippen LogP contribution in [0.15, 0.2) is 36.5 Å². The van der Waals surface area contributed by atoms with E-state index in [0.717, 1.165) is 6.42 Å². The minimum Gasteiger partial charge on any atom is -0.354 e. The van der Waals surface area contributed by atoms with Gasteiger partial charge in [0, 0.05) is 48.1 Å². The number of amides is 1. The summed E-state index contributed by atoms with van der Waals surface area (Å²) in [7, 11) is 0. The molecule has 1 fully saturated rings. The first-order valence-corrected chi connectivity index (χ1v) is 9.42. The number of aromatic nitrogens is 1. The number of nitro benzene ring substituents is 1. The summed E-state index contributed by atoms with van der Waals surface area (Å²) in [5.74, 6) is 0.408. The number of rotatable bonds is 3. The van der Waals surface area contributed by atoms with Gasteiger partial charge in [0.25, 0.3) is 11.6 Å². The van der Waals surface area contributed by atoms with E-state index in [1.54, 1.807) is 29.3 Å². The van der Waals surface area contributed by atoms with E-state index in [-0.39, 0.29) is 11.6 Å². The van der Waals surface area contributed by atoms with E-state index in [2.05, 4.69) is 11.1 Å². The summed E-state index contributed by atoms with van der Waals surface area (Å²) >= 11 is 2.02. The number of pyridine rings is 1. The maximum atomic E-state index is 12.9. The molecule has 1 aliphatic rings. The van der Waals surface area contributed by atoms with Gasteiger partial charge in [0.15, 0.2) is 0 Å². The number of carbonyl (C=O) groups excluding carboxylic acids is 1. The Kier molecular flexibility index (Phi) is 5.85. The lowest BCUT2D eigenvalue weighted by Crippen LogP contribution is -2.36. The fourth-order valence-electron chi connectivity index (χ4n) is 3.03. The topological polar surface area (TPSA) is 103 Å². The standard InChI is InChI=1S/C18H16IN5O3/c19-16-5-4-14(24(26)27)11-15(16)18(25)23-8-2-7-22(9-10-23)17-13(12-20)3-1-6-21-17/h1,3-6,11H,2,7-10H2. The van der Waals surface area contributed by atoms with E-state index >= 15 is 0 Å². The predicted octanol–water partition coefficient (Wildman–Crippen LogP) is 2.82. The van der Waals surface area contributed by atoms with E-state index in [0.29, 0.717) is 46.7 Å². The number of nitro groups is 1. The number of halogens is 1. The van der Waals surface area contributed by atoms with Crippen LogP contribution in [0.25, 0.3) is 0 Å². The van der Waals surface area contributed by atoms with Crippen molar-refractivity contribution in [3.63, 3.8) is 0 Å². The molecular formula is C18H16IN5O3. The number of nitrogens with zero attached hydrogens (tertiary/aromatic N) is 5. The second-order valence-corrected chi connectivity index (χ2v) is 7.20. The Balaban J connectivity index is 1.79. The highest BCUT2D eigenvalue weighted by Gasteiger charge is 2.24. The quantitative estimate of drug-likeness (QED) is 0.383. The minimum atomic E-state index is -0.499. The second kappa shape index (κ2) is 8.30. The van der Waals surface area contributed by atoms with Gasteiger partial charge in [-0.25, -0.2) is 4.98 Å². The number of nitriles is 1. The molecule has 8 nitrogen and oxygen atoms in total. The molecular weight excluding hydrogens is 461 g/mol. The van der Waals surface area contributed by atoms with Crippen LogP contribution in [0.2, 0.25) is 0 Å². The molecule has 9 heteroatoms. The first kappa shape index (κ1) is 19.0. The molecule has 0 N–H and O–H groups in total. The highest BCUT2D eigenvalue weighted by atomic mass is 127. The monoisotopic (exact) mass is 477 g/mol. The van der Waals surface area contributed by atoms with Crippen molar-refractivity contribution in [1.29, 1.82) is 5.26 Å². The third-order valence-electron chi connectivity index (χ3n) is 4.38. The number of non-ortho nitro benzene ring substituents is 1. The smallest absolute Gasteiger partial charge is 0.270 e. The summed E-state index contributed by atoms with van der Waals surface area (Å²) in [6.07, 6.45) is 2.37. The van der Waals surface area contributed by atoms with Crippen LogP contribution in [-0.2, 0) is 0 Å². The van der Waals surface area contributed by atoms with Crippen molar-refractivity contribution in [3.05, 3.63) is 61.3 Å². The van der Waals surface area contributed by atoms with Gasteiger partial charge >= 0.3 is 0 Å². The molecule has 0 radical (unpaired) electrons. The van der Waals surface area contributed by atoms with Crippen LogP contribution in [-0.4, -0.2) is 46.9 Å². The summed E-state index contributed by atoms with van der Waals surface area (Å²) in [5.41, 5.74) is 0.752. The molecule has 0 aliphatic carbocycles. The van der Waals surface area contributed by atoms with Gasteiger partial charge in [-0.2, -0.15) is 5.26 Å². The maximum absolute atomic E-state index is 12.9. The van der Waals surface area contributed by atoms with Crippen molar-refractivity contribution >= 4 is 40.0 Å². The molecule has 1 aromatic carbocycles. The molecule has 1 amide bonds. The summed E-state index contributed by atoms with van der Waals surface area (Å²) < 4.78 is 0.681. The average Bonchev–Trinajstić information content (AvgIpc) is 2.93. The third kappa shape index (κ3) is 4.16. The molecule has 1 aliphatic heterocycles. The van der Waals surface area contributed by atoms with Gasteiger partial charge in [0.2, 0.25) is 0 Å². The molecule has 27 heavy (non-hydrogen) atoms. The van der Waals surface area contributed by atoms with E-state index < -0.39 is 4.92 Å². The van der Waals surface area contributed by atoms with Gasteiger partial charge in [-0.15, -0.1) is 0 Å². The Morgan fingerprint density at radius 1 is 1.26 bits per heavy atom. The Bertz CT molecular complexity index is 927. The molecule has 0 bridgehead atoms. The predicted molar refractivity (Wildman–Crippen MR) is 107 cm³/mol. The fourth-order valence-corrected chi connectivity index (χ4v) is 3.60. The lowest BCUT2D eigenvalue weighted by atomic mass is 10.1. The summed E-state index contributed by atoms with van der Waals surface area (Å²) in [6, 6.07) is 9.91. The van der Waals surface area contributed by atoms with Crippen LogP contribution in [0.4, 0.5) is 11.5 Å². The van der Waals surface area contributed by atoms with Crippen LogP contribution in [0.1, 0.15) is 22.3 Å². The maximum Gasteiger partial charge on any atom is 0.270 e. The van der Waals surface area contributed by atoms with Crippen molar-refractivity contribution in [2.45, 2.75) is 6.42 Å². The lowest BCUT2D eigenvalue weighted by Gasteiger charge is -2.23. The van der Waals surface area contributed by atoms with Gasteiger partial charge in [0.05, 0.1) is 16.1 Å². The molecule has 1 aromatic heterocycles. The lowest BCUT2D eigenvalue weighted by molar-refractivity contribution is -0.384. The first-order valence-electron chi connectivity index (χ1n) is 8.34. The van der Waals surface area contributed by atoms with Crippen LogP contribution in [0.5, 0.6) is 0 Å². The summed E-state index contributed by atoms with van der Waals surface area (Å²) in [6.45, 7) is 2.23. The van der Waals surface area contributed by atoms with Gasteiger partial charge in [-0.3, -0.25) is 14.9 Å². The summed E-state index contributed by atoms with van der Waals surface area (Å²) in [4.78, 5) is 31.5. The van der Waals surface area contributed by atoms with Crippen molar-refractivity contribution in [3.8, 4) is 6.07 Å². The van der Waals surface area contributed by atoms with E-state index in [1.807, 2.05) is 27.5 Å². The number of carbonyl (C=O) groups is 1. The largest absolute Gasteiger partial charge is 0.354 e. The zero-order valence-electron chi connectivity index (χ0n) is 14.3. The zero-order valence-corrected chi connectivity index (χ0v) is 16.5. The van der Waals surface area contributed by atoms with Crippen molar-refractivity contribution < 1.29 is 9.72 Å². The molecule has 0 unspecified atom stereocenters. The minimum absolute atomic E-state index is 0.0950. The van der Waals surface area contributed by atoms with Crippen LogP contribution in [0, 0.1) is 25.0 Å². The van der Waals surface area contributed by atoms with Gasteiger partial charge in [0.1, 0.15) is 11.9 Å².